The average molecular weight is 459 g/mol. The number of nitrogens with zero attached hydrogens (tertiary/aromatic N) is 2. The van der Waals surface area contributed by atoms with Crippen molar-refractivity contribution in [1.29, 1.82) is 0 Å². The maximum Gasteiger partial charge on any atom is 0.274 e. The number of hydrogen-bond acceptors (Lipinski definition) is 5. The summed E-state index contributed by atoms with van der Waals surface area (Å²) in [5.41, 5.74) is -2.62. The highest BCUT2D eigenvalue weighted by Gasteiger charge is 2.53. The zero-order chi connectivity index (χ0) is 23.7. The van der Waals surface area contributed by atoms with Gasteiger partial charge in [0.1, 0.15) is 17.2 Å². The van der Waals surface area contributed by atoms with Gasteiger partial charge in [-0.1, -0.05) is 6.07 Å². The summed E-state index contributed by atoms with van der Waals surface area (Å²) in [6, 6.07) is 2.27. The van der Waals surface area contributed by atoms with Crippen molar-refractivity contribution < 1.29 is 28.6 Å². The van der Waals surface area contributed by atoms with Crippen LogP contribution in [-0.4, -0.2) is 44.6 Å². The van der Waals surface area contributed by atoms with Gasteiger partial charge >= 0.3 is 0 Å². The van der Waals surface area contributed by atoms with E-state index in [0.29, 0.717) is 19.5 Å². The van der Waals surface area contributed by atoms with E-state index in [9.17, 15) is 33.4 Å². The number of nitrogens with one attached hydrogen (secondary N) is 1. The van der Waals surface area contributed by atoms with Gasteiger partial charge in [-0.3, -0.25) is 14.4 Å². The lowest BCUT2D eigenvalue weighted by Crippen LogP contribution is -2.52. The van der Waals surface area contributed by atoms with E-state index in [4.69, 9.17) is 0 Å². The van der Waals surface area contributed by atoms with Gasteiger partial charge in [-0.05, 0) is 32.3 Å². The van der Waals surface area contributed by atoms with E-state index in [-0.39, 0.29) is 35.5 Å². The van der Waals surface area contributed by atoms with Crippen LogP contribution in [0.15, 0.2) is 16.9 Å². The number of hydrogen-bond donors (Lipinski definition) is 3. The Bertz CT molecular complexity index is 1270. The lowest BCUT2D eigenvalue weighted by Gasteiger charge is -2.41. The van der Waals surface area contributed by atoms with Gasteiger partial charge in [0.25, 0.3) is 11.8 Å². The van der Waals surface area contributed by atoms with Gasteiger partial charge < -0.3 is 25.0 Å². The molecule has 5 rings (SSSR count). The van der Waals surface area contributed by atoms with Crippen LogP contribution in [0.5, 0.6) is 5.75 Å². The first kappa shape index (κ1) is 21.6. The molecule has 2 atom stereocenters. The molecule has 33 heavy (non-hydrogen) atoms. The minimum Gasteiger partial charge on any atom is -0.503 e. The summed E-state index contributed by atoms with van der Waals surface area (Å²) in [4.78, 5) is 40.7. The summed E-state index contributed by atoms with van der Waals surface area (Å²) in [7, 11) is 0. The van der Waals surface area contributed by atoms with Crippen LogP contribution in [0, 0.1) is 18.6 Å². The lowest BCUT2D eigenvalue weighted by atomic mass is 9.88. The summed E-state index contributed by atoms with van der Waals surface area (Å²) in [6.07, 6.45) is 1.19. The highest BCUT2D eigenvalue weighted by Crippen LogP contribution is 2.49. The molecule has 1 aromatic heterocycles. The van der Waals surface area contributed by atoms with E-state index in [2.05, 4.69) is 5.32 Å². The van der Waals surface area contributed by atoms with Crippen molar-refractivity contribution in [2.45, 2.75) is 50.8 Å². The minimum absolute atomic E-state index is 0.00374. The Morgan fingerprint density at radius 1 is 1.27 bits per heavy atom. The summed E-state index contributed by atoms with van der Waals surface area (Å²) >= 11 is 0. The van der Waals surface area contributed by atoms with E-state index in [0.717, 1.165) is 18.9 Å². The number of fused-ring (bicyclic) bond motifs is 1. The Hall–Kier alpha value is -3.27. The average Bonchev–Trinajstić information content (AvgIpc) is 2.93. The highest BCUT2D eigenvalue weighted by atomic mass is 19.1. The van der Waals surface area contributed by atoms with Crippen molar-refractivity contribution in [2.24, 2.45) is 0 Å². The molecular weight excluding hydrogens is 436 g/mol. The molecule has 3 N–H and O–H groups in total. The standard InChI is InChI=1S/C23H23F2N3O5/c1-11-13(24)5-4-12(16(11)25)9-26-21(32)15-17-14(29)8-23-6-2-3-7-27(10-23)22(33)18(28(17)23)20(31)19(15)30/h4-5,14,29,31H,2-3,6-10H2,1H3,(H,26,32)/t14-,23+/m0/s1. The molecule has 4 heterocycles. The maximum absolute atomic E-state index is 14.3. The van der Waals surface area contributed by atoms with Crippen molar-refractivity contribution >= 4 is 11.8 Å². The van der Waals surface area contributed by atoms with E-state index < -0.39 is 51.8 Å². The fourth-order valence-electron chi connectivity index (χ4n) is 5.51. The third-order valence-corrected chi connectivity index (χ3v) is 7.11. The number of aromatic hydroxyl groups is 1. The van der Waals surface area contributed by atoms with Crippen LogP contribution in [0.3, 0.4) is 0 Å². The zero-order valence-corrected chi connectivity index (χ0v) is 18.0. The third kappa shape index (κ3) is 3.00. The Labute approximate surface area is 187 Å². The van der Waals surface area contributed by atoms with Crippen LogP contribution in [0.4, 0.5) is 8.78 Å². The second-order valence-corrected chi connectivity index (χ2v) is 9.08. The first-order chi connectivity index (χ1) is 15.7. The van der Waals surface area contributed by atoms with Crippen LogP contribution >= 0.6 is 0 Å². The van der Waals surface area contributed by atoms with Crippen molar-refractivity contribution in [3.63, 3.8) is 0 Å². The number of amides is 2. The second-order valence-electron chi connectivity index (χ2n) is 9.08. The molecule has 1 spiro atoms. The van der Waals surface area contributed by atoms with E-state index in [1.54, 1.807) is 4.90 Å². The molecule has 1 saturated heterocycles. The van der Waals surface area contributed by atoms with Crippen molar-refractivity contribution in [1.82, 2.24) is 14.8 Å². The van der Waals surface area contributed by atoms with Gasteiger partial charge in [0, 0.05) is 37.2 Å². The van der Waals surface area contributed by atoms with E-state index in [1.807, 2.05) is 0 Å². The number of halogens is 2. The number of aliphatic hydroxyl groups is 1. The monoisotopic (exact) mass is 459 g/mol. The third-order valence-electron chi connectivity index (χ3n) is 7.11. The smallest absolute Gasteiger partial charge is 0.274 e. The largest absolute Gasteiger partial charge is 0.503 e. The minimum atomic E-state index is -1.19. The molecule has 0 unspecified atom stereocenters. The van der Waals surface area contributed by atoms with Gasteiger partial charge in [-0.2, -0.15) is 0 Å². The Morgan fingerprint density at radius 3 is 2.79 bits per heavy atom. The molecule has 1 fully saturated rings. The fraction of sp³-hybridized carbons (Fsp3) is 0.435. The number of carbonyl (C=O) groups excluding carboxylic acids is 2. The van der Waals surface area contributed by atoms with Crippen LogP contribution in [-0.2, 0) is 12.1 Å². The molecule has 10 heteroatoms. The topological polar surface area (TPSA) is 112 Å². The zero-order valence-electron chi connectivity index (χ0n) is 18.0. The Kier molecular flexibility index (Phi) is 4.82. The van der Waals surface area contributed by atoms with Gasteiger partial charge in [0.2, 0.25) is 5.43 Å². The van der Waals surface area contributed by atoms with Crippen molar-refractivity contribution in [2.75, 3.05) is 13.1 Å². The predicted molar refractivity (Wildman–Crippen MR) is 112 cm³/mol. The molecule has 8 nitrogen and oxygen atoms in total. The molecule has 0 aliphatic carbocycles. The number of pyridine rings is 1. The molecule has 174 valence electrons. The van der Waals surface area contributed by atoms with E-state index >= 15 is 0 Å². The number of rotatable bonds is 3. The van der Waals surface area contributed by atoms with Gasteiger partial charge in [0.05, 0.1) is 17.3 Å². The van der Waals surface area contributed by atoms with Crippen molar-refractivity contribution in [3.8, 4) is 5.75 Å². The van der Waals surface area contributed by atoms with Crippen LogP contribution < -0.4 is 10.7 Å². The lowest BCUT2D eigenvalue weighted by molar-refractivity contribution is 0.0549. The first-order valence-electron chi connectivity index (χ1n) is 10.9. The summed E-state index contributed by atoms with van der Waals surface area (Å²) in [5.74, 6) is -3.78. The molecule has 3 aliphatic heterocycles. The summed E-state index contributed by atoms with van der Waals surface area (Å²) < 4.78 is 29.4. The van der Waals surface area contributed by atoms with Gasteiger partial charge in [-0.15, -0.1) is 0 Å². The normalized spacial score (nSPS) is 23.3. The first-order valence-corrected chi connectivity index (χ1v) is 10.9. The van der Waals surface area contributed by atoms with Crippen LogP contribution in [0.1, 0.15) is 69.5 Å². The number of benzene rings is 1. The highest BCUT2D eigenvalue weighted by molar-refractivity contribution is 6.00. The SMILES string of the molecule is Cc1c(F)ccc(CNC(=O)c2c3n4c(c(O)c2=O)C(=O)N2CCCC[C@@]4(C[C@@H]3O)C2)c1F. The Balaban J connectivity index is 1.60. The predicted octanol–water partition coefficient (Wildman–Crippen LogP) is 1.84. The number of carbonyl (C=O) groups is 2. The van der Waals surface area contributed by atoms with Crippen molar-refractivity contribution in [3.05, 3.63) is 62.1 Å². The van der Waals surface area contributed by atoms with E-state index in [1.165, 1.54) is 17.6 Å². The quantitative estimate of drug-likeness (QED) is 0.649. The van der Waals surface area contributed by atoms with Crippen LogP contribution in [0.25, 0.3) is 0 Å². The second kappa shape index (κ2) is 7.38. The molecule has 2 bridgehead atoms. The maximum atomic E-state index is 14.3. The summed E-state index contributed by atoms with van der Waals surface area (Å²) in [5, 5.41) is 24.0. The fourth-order valence-corrected chi connectivity index (χ4v) is 5.51. The molecule has 0 saturated carbocycles. The molecule has 2 amide bonds. The Morgan fingerprint density at radius 2 is 2.03 bits per heavy atom. The van der Waals surface area contributed by atoms with Gasteiger partial charge in [0.15, 0.2) is 11.4 Å². The van der Waals surface area contributed by atoms with Gasteiger partial charge in [-0.25, -0.2) is 8.78 Å². The number of aromatic nitrogens is 1. The molecule has 3 aliphatic rings. The molecular formula is C23H23F2N3O5. The molecule has 2 aromatic rings. The molecule has 1 aromatic carbocycles. The summed E-state index contributed by atoms with van der Waals surface area (Å²) in [6.45, 7) is 1.76. The van der Waals surface area contributed by atoms with Crippen LogP contribution in [0.2, 0.25) is 0 Å². The number of aliphatic hydroxyl groups excluding tert-OH is 1. The molecule has 0 radical (unpaired) electrons.